The summed E-state index contributed by atoms with van der Waals surface area (Å²) in [5.74, 6) is -3.64. The average molecular weight is 536 g/mol. The number of esters is 1. The van der Waals surface area contributed by atoms with Gasteiger partial charge in [-0.25, -0.2) is 9.59 Å². The average Bonchev–Trinajstić information content (AvgIpc) is 3.30. The van der Waals surface area contributed by atoms with E-state index in [9.17, 15) is 40.0 Å². The predicted octanol–water partition coefficient (Wildman–Crippen LogP) is 4.79. The molecule has 0 saturated carbocycles. The van der Waals surface area contributed by atoms with Crippen molar-refractivity contribution >= 4 is 23.7 Å². The number of phenols is 4. The van der Waals surface area contributed by atoms with E-state index in [-0.39, 0.29) is 41.0 Å². The number of fused-ring (bicyclic) bond motifs is 1. The van der Waals surface area contributed by atoms with Crippen LogP contribution in [0.2, 0.25) is 0 Å². The van der Waals surface area contributed by atoms with Crippen LogP contribution in [0.25, 0.3) is 6.08 Å². The summed E-state index contributed by atoms with van der Waals surface area (Å²) < 4.78 is 11.2. The van der Waals surface area contributed by atoms with Gasteiger partial charge in [0.05, 0.1) is 0 Å². The Bertz CT molecular complexity index is 1460. The third-order valence-corrected chi connectivity index (χ3v) is 6.45. The van der Waals surface area contributed by atoms with Gasteiger partial charge in [0, 0.05) is 24.0 Å². The summed E-state index contributed by atoms with van der Waals surface area (Å²) in [5.41, 5.74) is 1.91. The molecule has 1 unspecified atom stereocenters. The Morgan fingerprint density at radius 3 is 2.38 bits per heavy atom. The van der Waals surface area contributed by atoms with Crippen LogP contribution in [-0.2, 0) is 20.7 Å². The predicted molar refractivity (Wildman–Crippen MR) is 138 cm³/mol. The van der Waals surface area contributed by atoms with Crippen molar-refractivity contribution in [2.45, 2.75) is 37.9 Å². The number of nitrogens with zero attached hydrogens (tertiary/aromatic N) is 1. The Balaban J connectivity index is 1.56. The number of carboxylic acids is 1. The van der Waals surface area contributed by atoms with E-state index in [4.69, 9.17) is 9.47 Å². The van der Waals surface area contributed by atoms with Gasteiger partial charge in [-0.3, -0.25) is 0 Å². The van der Waals surface area contributed by atoms with Gasteiger partial charge in [-0.05, 0) is 64.7 Å². The molecule has 0 saturated heterocycles. The first kappa shape index (κ1) is 27.0. The van der Waals surface area contributed by atoms with Crippen molar-refractivity contribution in [2.24, 2.45) is 5.18 Å². The Kier molecular flexibility index (Phi) is 7.70. The lowest BCUT2D eigenvalue weighted by Gasteiger charge is -2.19. The zero-order valence-electron chi connectivity index (χ0n) is 20.6. The number of carbonyl (C=O) groups is 2. The smallest absolute Gasteiger partial charge is 0.345 e. The molecule has 11 heteroatoms. The number of benzene rings is 3. The highest BCUT2D eigenvalue weighted by atomic mass is 16.6. The second kappa shape index (κ2) is 11.1. The number of carboxylic acid groups (broad SMARTS) is 1. The molecule has 0 aromatic heterocycles. The van der Waals surface area contributed by atoms with Gasteiger partial charge in [0.15, 0.2) is 23.0 Å². The van der Waals surface area contributed by atoms with E-state index in [2.05, 4.69) is 5.18 Å². The van der Waals surface area contributed by atoms with Crippen LogP contribution in [0.15, 0.2) is 59.8 Å². The minimum absolute atomic E-state index is 0.117. The third-order valence-electron chi connectivity index (χ3n) is 6.45. The van der Waals surface area contributed by atoms with Gasteiger partial charge in [-0.2, -0.15) is 0 Å². The van der Waals surface area contributed by atoms with Crippen molar-refractivity contribution in [1.82, 2.24) is 0 Å². The van der Waals surface area contributed by atoms with Gasteiger partial charge in [0.25, 0.3) is 0 Å². The molecule has 1 heterocycles. The number of hydrogen-bond donors (Lipinski definition) is 5. The number of rotatable bonds is 9. The molecule has 3 aromatic rings. The van der Waals surface area contributed by atoms with Crippen LogP contribution in [0, 0.1) is 4.91 Å². The molecule has 0 bridgehead atoms. The third kappa shape index (κ3) is 5.61. The minimum atomic E-state index is -1.55. The maximum Gasteiger partial charge on any atom is 0.345 e. The molecular formula is C28H25NO10. The monoisotopic (exact) mass is 535 g/mol. The van der Waals surface area contributed by atoms with Crippen molar-refractivity contribution < 1.29 is 44.6 Å². The van der Waals surface area contributed by atoms with Crippen LogP contribution in [0.5, 0.6) is 28.7 Å². The summed E-state index contributed by atoms with van der Waals surface area (Å²) in [5, 5.41) is 51.9. The van der Waals surface area contributed by atoms with Gasteiger partial charge in [-0.1, -0.05) is 25.1 Å². The van der Waals surface area contributed by atoms with Gasteiger partial charge in [0.1, 0.15) is 17.5 Å². The quantitative estimate of drug-likeness (QED) is 0.110. The first-order chi connectivity index (χ1) is 18.6. The van der Waals surface area contributed by atoms with E-state index in [0.717, 1.165) is 6.08 Å². The van der Waals surface area contributed by atoms with Crippen LogP contribution in [0.1, 0.15) is 47.6 Å². The molecule has 1 aliphatic heterocycles. The van der Waals surface area contributed by atoms with Crippen molar-refractivity contribution in [3.05, 3.63) is 81.8 Å². The molecule has 0 radical (unpaired) electrons. The highest BCUT2D eigenvalue weighted by Gasteiger charge is 2.38. The minimum Gasteiger partial charge on any atom is -0.506 e. The van der Waals surface area contributed by atoms with Crippen LogP contribution >= 0.6 is 0 Å². The van der Waals surface area contributed by atoms with E-state index >= 15 is 0 Å². The number of phenolic OH excluding ortho intramolecular Hbond substituents is 4. The van der Waals surface area contributed by atoms with Crippen LogP contribution in [0.4, 0.5) is 5.69 Å². The lowest BCUT2D eigenvalue weighted by atomic mass is 9.86. The molecule has 1 aliphatic rings. The van der Waals surface area contributed by atoms with E-state index in [1.54, 1.807) is 12.1 Å². The summed E-state index contributed by atoms with van der Waals surface area (Å²) in [6, 6.07) is 11.1. The summed E-state index contributed by atoms with van der Waals surface area (Å²) >= 11 is 0. The van der Waals surface area contributed by atoms with Crippen molar-refractivity contribution in [2.75, 3.05) is 0 Å². The number of ether oxygens (including phenoxy) is 2. The van der Waals surface area contributed by atoms with Gasteiger partial charge in [0.2, 0.25) is 6.10 Å². The van der Waals surface area contributed by atoms with Crippen LogP contribution in [-0.4, -0.2) is 43.6 Å². The second-order valence-electron chi connectivity index (χ2n) is 8.93. The van der Waals surface area contributed by atoms with E-state index < -0.39 is 29.9 Å². The fourth-order valence-corrected chi connectivity index (χ4v) is 4.56. The maximum absolute atomic E-state index is 12.5. The molecule has 39 heavy (non-hydrogen) atoms. The number of aliphatic carboxylic acids is 1. The molecule has 5 N–H and O–H groups in total. The van der Waals surface area contributed by atoms with Crippen LogP contribution < -0.4 is 4.74 Å². The van der Waals surface area contributed by atoms with Crippen molar-refractivity contribution in [3.8, 4) is 28.7 Å². The molecule has 0 aliphatic carbocycles. The largest absolute Gasteiger partial charge is 0.506 e. The second-order valence-corrected chi connectivity index (χ2v) is 8.93. The van der Waals surface area contributed by atoms with Crippen molar-refractivity contribution in [1.29, 1.82) is 0 Å². The summed E-state index contributed by atoms with van der Waals surface area (Å²) in [7, 11) is 0. The highest BCUT2D eigenvalue weighted by molar-refractivity contribution is 5.89. The lowest BCUT2D eigenvalue weighted by Crippen LogP contribution is -2.28. The Morgan fingerprint density at radius 1 is 1.00 bits per heavy atom. The molecule has 4 rings (SSSR count). The molecule has 3 atom stereocenters. The summed E-state index contributed by atoms with van der Waals surface area (Å²) in [4.78, 5) is 35.0. The fraction of sp³-hybridized carbons (Fsp3) is 0.214. The summed E-state index contributed by atoms with van der Waals surface area (Å²) in [6.07, 6.45) is 0.647. The molecule has 0 amide bonds. The fourth-order valence-electron chi connectivity index (χ4n) is 4.56. The van der Waals surface area contributed by atoms with E-state index in [0.29, 0.717) is 28.7 Å². The number of aromatic hydroxyl groups is 4. The Labute approximate surface area is 222 Å². The summed E-state index contributed by atoms with van der Waals surface area (Å²) in [6.45, 7) is 1.90. The van der Waals surface area contributed by atoms with Gasteiger partial charge in [-0.15, -0.1) is 4.91 Å². The zero-order valence-corrected chi connectivity index (χ0v) is 20.6. The lowest BCUT2D eigenvalue weighted by molar-refractivity contribution is -0.160. The molecule has 0 spiro atoms. The Hall–Kier alpha value is -5.06. The van der Waals surface area contributed by atoms with Crippen molar-refractivity contribution in [3.63, 3.8) is 0 Å². The van der Waals surface area contributed by atoms with Gasteiger partial charge < -0.3 is 35.0 Å². The number of carbonyl (C=O) groups excluding carboxylic acids is 1. The zero-order chi connectivity index (χ0) is 28.3. The van der Waals surface area contributed by atoms with E-state index in [1.165, 1.54) is 42.5 Å². The molecular weight excluding hydrogens is 510 g/mol. The standard InChI is InChI=1S/C28H25NO10/c1-2-17-25-15(5-9-20(31)27(25)39-26(17)16-4-7-18(29-37)21(32)13-16)6-10-24(34)38-23(28(35)36)12-14-3-8-19(30)22(33)11-14/h3-11,13,17,23,26,30-33H,2,12H2,1H3,(H,35,36)/b10-6+/t17?,23-,26-/m1/s1. The normalized spacial score (nSPS) is 16.8. The first-order valence-corrected chi connectivity index (χ1v) is 11.9. The maximum atomic E-state index is 12.5. The Morgan fingerprint density at radius 2 is 1.74 bits per heavy atom. The topological polar surface area (TPSA) is 183 Å². The molecule has 3 aromatic carbocycles. The first-order valence-electron chi connectivity index (χ1n) is 11.9. The molecule has 202 valence electrons. The molecule has 0 fully saturated rings. The van der Waals surface area contributed by atoms with Crippen LogP contribution in [0.3, 0.4) is 0 Å². The molecule has 11 nitrogen and oxygen atoms in total. The SMILES string of the molecule is CCC1c2c(/C=C/C(=O)O[C@H](Cc3ccc(O)c(O)c3)C(=O)O)ccc(O)c2O[C@@H]1c1ccc(N=O)c(O)c1. The number of hydrogen-bond acceptors (Lipinski definition) is 10. The van der Waals surface area contributed by atoms with Gasteiger partial charge >= 0.3 is 11.9 Å². The van der Waals surface area contributed by atoms with E-state index in [1.807, 2.05) is 6.92 Å². The number of nitroso groups, excluding NO2 is 1. The highest BCUT2D eigenvalue weighted by Crippen LogP contribution is 2.53.